The van der Waals surface area contributed by atoms with Gasteiger partial charge in [0.2, 0.25) is 17.0 Å². The minimum Gasteiger partial charge on any atom is -0.508 e. The average molecular weight is 1510 g/mol. The van der Waals surface area contributed by atoms with E-state index in [1.165, 1.54) is 38.1 Å². The number of rotatable bonds is 20. The molecule has 0 spiro atoms. The largest absolute Gasteiger partial charge is 0.508 e. The standard InChI is InChI=1S/C29H28ClN5O5S.C19H23ClN2O5.C15H20ClNO2.C13H9N3O2/c1-18-27(30)28-33-32-26(35(28)34-18)5-3-4-20-6-8-21(9-7-20)31-29(37)19(2)39-23-12-14-24(15-13-23)40-41(38)25-16-10-22(36)11-17-25;1-10-7-8-11(20)12(9-10)21-15(24)13(14(23)18(2,3)4)22-16(25)19(5,6)27-17(22)26;1-9-6-7-11(16)12(8-9)17-14(19)10(2)13(18)15(3,4)5;17-13(18-10-4-2-1-3-5-10)9-6-7-11-12(8-9)15-16-14-11/h6-17,19,34,36H,3-5H2,1-2H3,(H,31,37);7-9,13H,1-6H3,(H,21,24);6-8,10H,1-5H3,(H,17,19);1-8H,(H,14,15,16). The summed E-state index contributed by atoms with van der Waals surface area (Å²) in [4.78, 5) is 101. The molecule has 0 saturated carbocycles. The number of Topliss-reactive ketones (excluding diaryl/α,β-unsaturated/α-hetero) is 2. The van der Waals surface area contributed by atoms with Gasteiger partial charge in [-0.15, -0.1) is 10.2 Å². The molecule has 4 unspecified atom stereocenters. The zero-order valence-corrected chi connectivity index (χ0v) is 62.9. The summed E-state index contributed by atoms with van der Waals surface area (Å²) in [6.07, 6.45) is 0.687. The van der Waals surface area contributed by atoms with Crippen molar-refractivity contribution in [3.05, 3.63) is 207 Å². The average Bonchev–Trinajstić information content (AvgIpc) is 1.64. The van der Waals surface area contributed by atoms with Gasteiger partial charge in [0, 0.05) is 22.9 Å². The van der Waals surface area contributed by atoms with Crippen LogP contribution in [0.2, 0.25) is 15.1 Å². The van der Waals surface area contributed by atoms with Crippen molar-refractivity contribution in [2.75, 3.05) is 16.0 Å². The van der Waals surface area contributed by atoms with E-state index in [0.29, 0.717) is 70.7 Å². The molecule has 5 amide bonds. The van der Waals surface area contributed by atoms with Crippen molar-refractivity contribution >= 4 is 127 Å². The van der Waals surface area contributed by atoms with Gasteiger partial charge in [0.15, 0.2) is 35.0 Å². The van der Waals surface area contributed by atoms with E-state index in [-0.39, 0.29) is 34.1 Å². The Morgan fingerprint density at radius 1 is 0.648 bits per heavy atom. The number of ketones is 2. The number of aromatic hydroxyl groups is 1. The predicted molar refractivity (Wildman–Crippen MR) is 400 cm³/mol. The highest BCUT2D eigenvalue weighted by Crippen LogP contribution is 2.33. The van der Waals surface area contributed by atoms with Gasteiger partial charge in [0.1, 0.15) is 44.8 Å². The number of cyclic esters (lactones) is 1. The van der Waals surface area contributed by atoms with Gasteiger partial charge in [-0.1, -0.05) is 119 Å². The molecule has 1 saturated heterocycles. The number of phenolic OH excluding ortho intramolecular Hbond substituents is 1. The van der Waals surface area contributed by atoms with Crippen molar-refractivity contribution in [3.8, 4) is 23.0 Å². The first-order chi connectivity index (χ1) is 49.5. The van der Waals surface area contributed by atoms with Crippen LogP contribution >= 0.6 is 34.8 Å². The van der Waals surface area contributed by atoms with Crippen LogP contribution in [0.4, 0.5) is 21.9 Å². The number of H-pyrrole nitrogens is 2. The number of phenols is 1. The SMILES string of the molecule is Cc1[nH]n2c(CCCc3ccc(NC(=O)C(C)Oc4ccc(OS(=O)c5ccc(O)cc5)cc4)cc3)nnc2c1Cl.Cc1ccc(Cl)c(NC(=O)C(C(=O)C(C)(C)C)N2C(=O)OC(C)(C)C2=O)c1.Cc1ccc(Cl)c(NC(=O)C(C)C(=O)C(C)(C)C)c1.O=C(Oc1ccccc1)c1ccc2n[nH]nc2c1. The van der Waals surface area contributed by atoms with Crippen LogP contribution in [0.5, 0.6) is 23.0 Å². The number of carbonyl (C=O) groups excluding carboxylic acids is 8. The number of anilines is 3. The number of ether oxygens (including phenoxy) is 3. The number of fused-ring (bicyclic) bond motifs is 2. The summed E-state index contributed by atoms with van der Waals surface area (Å²) in [5.74, 6) is -1.71. The molecular formula is C76H80Cl3N11O14S. The highest BCUT2D eigenvalue weighted by molar-refractivity contribution is 7.80. The van der Waals surface area contributed by atoms with E-state index in [4.69, 9.17) is 53.2 Å². The molecule has 1 aliphatic rings. The summed E-state index contributed by atoms with van der Waals surface area (Å²) in [5.41, 5.74) is 4.81. The number of aromatic amines is 2. The number of carbonyl (C=O) groups is 8. The lowest BCUT2D eigenvalue weighted by Crippen LogP contribution is -2.55. The molecule has 29 heteroatoms. The van der Waals surface area contributed by atoms with Crippen LogP contribution in [0.3, 0.4) is 0 Å². The number of benzene rings is 7. The monoisotopic (exact) mass is 1510 g/mol. The molecule has 105 heavy (non-hydrogen) atoms. The molecule has 3 aromatic heterocycles. The molecule has 0 radical (unpaired) electrons. The summed E-state index contributed by atoms with van der Waals surface area (Å²) < 4.78 is 35.6. The van der Waals surface area contributed by atoms with E-state index >= 15 is 0 Å². The first-order valence-corrected chi connectivity index (χ1v) is 35.2. The number of halogens is 3. The van der Waals surface area contributed by atoms with Crippen molar-refractivity contribution in [1.29, 1.82) is 0 Å². The first kappa shape index (κ1) is 79.9. The number of para-hydroxylation sites is 1. The number of aromatic nitrogens is 7. The van der Waals surface area contributed by atoms with E-state index in [1.54, 1.807) is 140 Å². The molecule has 10 aromatic rings. The fraction of sp³-hybridized carbons (Fsp3) is 0.289. The summed E-state index contributed by atoms with van der Waals surface area (Å²) in [6.45, 7) is 21.9. The van der Waals surface area contributed by atoms with Crippen LogP contribution in [0, 0.1) is 37.5 Å². The zero-order valence-electron chi connectivity index (χ0n) is 59.8. The lowest BCUT2D eigenvalue weighted by Gasteiger charge is -2.28. The second kappa shape index (κ2) is 34.7. The van der Waals surface area contributed by atoms with Crippen LogP contribution < -0.4 is 29.6 Å². The highest BCUT2D eigenvalue weighted by Gasteiger charge is 2.55. The molecule has 0 bridgehead atoms. The lowest BCUT2D eigenvalue weighted by molar-refractivity contribution is -0.145. The number of esters is 1. The normalized spacial score (nSPS) is 13.6. The Labute approximate surface area is 623 Å². The summed E-state index contributed by atoms with van der Waals surface area (Å²) in [5, 5.41) is 40.7. The second-order valence-corrected chi connectivity index (χ2v) is 29.3. The Kier molecular flexibility index (Phi) is 26.4. The van der Waals surface area contributed by atoms with Crippen LogP contribution in [0.15, 0.2) is 163 Å². The third kappa shape index (κ3) is 21.4. The Bertz CT molecular complexity index is 4840. The Balaban J connectivity index is 0.000000188. The van der Waals surface area contributed by atoms with Gasteiger partial charge in [0.25, 0.3) is 17.7 Å². The molecule has 4 atom stereocenters. The van der Waals surface area contributed by atoms with E-state index in [9.17, 15) is 47.7 Å². The van der Waals surface area contributed by atoms with Gasteiger partial charge in [-0.25, -0.2) is 23.2 Å². The summed E-state index contributed by atoms with van der Waals surface area (Å²) in [6, 6.07) is 42.8. The maximum atomic E-state index is 13.0. The van der Waals surface area contributed by atoms with Gasteiger partial charge >= 0.3 is 12.1 Å². The van der Waals surface area contributed by atoms with Gasteiger partial charge in [0.05, 0.1) is 43.5 Å². The van der Waals surface area contributed by atoms with E-state index < -0.39 is 75.2 Å². The van der Waals surface area contributed by atoms with Gasteiger partial charge in [-0.2, -0.15) is 15.4 Å². The molecule has 11 rings (SSSR count). The smallest absolute Gasteiger partial charge is 0.418 e. The molecule has 25 nitrogen and oxygen atoms in total. The lowest BCUT2D eigenvalue weighted by atomic mass is 9.83. The Morgan fingerprint density at radius 2 is 1.23 bits per heavy atom. The quantitative estimate of drug-likeness (QED) is 0.0234. The molecule has 1 fully saturated rings. The van der Waals surface area contributed by atoms with Crippen LogP contribution in [0.25, 0.3) is 16.7 Å². The van der Waals surface area contributed by atoms with Gasteiger partial charge < -0.3 is 39.5 Å². The number of hydrogen-bond acceptors (Lipinski definition) is 18. The first-order valence-electron chi connectivity index (χ1n) is 33.0. The fourth-order valence-electron chi connectivity index (χ4n) is 10.1. The number of nitrogens with zero attached hydrogens (tertiary/aromatic N) is 6. The second-order valence-electron chi connectivity index (χ2n) is 27.0. The molecule has 550 valence electrons. The number of nitrogens with one attached hydrogen (secondary N) is 5. The Hall–Kier alpha value is -10.8. The van der Waals surface area contributed by atoms with Gasteiger partial charge in [-0.05, 0) is 193 Å². The molecule has 7 aromatic carbocycles. The molecule has 6 N–H and O–H groups in total. The number of hydrogen-bond donors (Lipinski definition) is 6. The van der Waals surface area contributed by atoms with Crippen LogP contribution in [-0.4, -0.2) is 114 Å². The van der Waals surface area contributed by atoms with E-state index in [1.807, 2.05) is 73.8 Å². The van der Waals surface area contributed by atoms with Crippen molar-refractivity contribution in [1.82, 2.24) is 40.1 Å². The van der Waals surface area contributed by atoms with Gasteiger partial charge in [-0.3, -0.25) is 33.9 Å². The van der Waals surface area contributed by atoms with E-state index in [0.717, 1.165) is 47.5 Å². The minimum absolute atomic E-state index is 0.0817. The third-order valence-corrected chi connectivity index (χ3v) is 18.0. The highest BCUT2D eigenvalue weighted by atomic mass is 35.5. The third-order valence-electron chi connectivity index (χ3n) is 15.9. The maximum Gasteiger partial charge on any atom is 0.418 e. The fourth-order valence-corrected chi connectivity index (χ4v) is 11.3. The minimum atomic E-state index is -1.73. The van der Waals surface area contributed by atoms with Crippen molar-refractivity contribution in [3.63, 3.8) is 0 Å². The van der Waals surface area contributed by atoms with Crippen LogP contribution in [0.1, 0.15) is 114 Å². The van der Waals surface area contributed by atoms with Crippen molar-refractivity contribution in [2.24, 2.45) is 16.7 Å². The number of imide groups is 1. The predicted octanol–water partition coefficient (Wildman–Crippen LogP) is 14.8. The molecule has 0 aliphatic carbocycles. The number of aryl methyl sites for hydroxylation is 5. The molecule has 1 aliphatic heterocycles. The van der Waals surface area contributed by atoms with Crippen LogP contribution in [-0.2, 0) is 57.4 Å². The molecular weight excluding hydrogens is 1430 g/mol. The summed E-state index contributed by atoms with van der Waals surface area (Å²) in [7, 11) is 0. The topological polar surface area (TPSA) is 338 Å². The van der Waals surface area contributed by atoms with E-state index in [2.05, 4.69) is 46.7 Å². The Morgan fingerprint density at radius 3 is 1.81 bits per heavy atom. The van der Waals surface area contributed by atoms with Crippen molar-refractivity contribution < 1.29 is 66.1 Å². The van der Waals surface area contributed by atoms with Crippen molar-refractivity contribution in [2.45, 2.75) is 132 Å². The maximum absolute atomic E-state index is 13.0. The number of amides is 5. The zero-order chi connectivity index (χ0) is 76.8. The summed E-state index contributed by atoms with van der Waals surface area (Å²) >= 11 is 16.6. The molecule has 4 heterocycles.